The Kier molecular flexibility index (Phi) is 6.86. The van der Waals surface area contributed by atoms with Crippen molar-refractivity contribution in [2.45, 2.75) is 13.0 Å². The molecule has 166 valence electrons. The molecule has 7 heteroatoms. The van der Waals surface area contributed by atoms with Crippen LogP contribution in [0.2, 0.25) is 0 Å². The number of nitrogens with zero attached hydrogens (tertiary/aromatic N) is 1. The summed E-state index contributed by atoms with van der Waals surface area (Å²) in [5, 5.41) is 5.64. The maximum atomic E-state index is 12.9. The van der Waals surface area contributed by atoms with E-state index in [0.717, 1.165) is 22.4 Å². The van der Waals surface area contributed by atoms with Crippen LogP contribution in [0.5, 0.6) is 0 Å². The van der Waals surface area contributed by atoms with Gasteiger partial charge in [0.1, 0.15) is 10.7 Å². The highest BCUT2D eigenvalue weighted by atomic mass is 35.5. The first kappa shape index (κ1) is 22.3. The number of carbonyl (C=O) groups is 3. The minimum atomic E-state index is -0.553. The molecule has 0 radical (unpaired) electrons. The predicted molar refractivity (Wildman–Crippen MR) is 127 cm³/mol. The SMILES string of the molecule is O=C(NCCc1ccccc1)c1cccc(NC2=C(Cl)C(=O)N(Cc3ccccc3)C2=O)c1. The number of imide groups is 1. The summed E-state index contributed by atoms with van der Waals surface area (Å²) in [5.41, 5.74) is 2.88. The zero-order chi connectivity index (χ0) is 23.2. The topological polar surface area (TPSA) is 78.5 Å². The minimum absolute atomic E-state index is 0.000710. The monoisotopic (exact) mass is 459 g/mol. The van der Waals surface area contributed by atoms with Gasteiger partial charge in [-0.2, -0.15) is 0 Å². The molecule has 1 aliphatic rings. The Labute approximate surface area is 196 Å². The van der Waals surface area contributed by atoms with Gasteiger partial charge in [0.05, 0.1) is 6.54 Å². The van der Waals surface area contributed by atoms with Crippen molar-refractivity contribution in [1.82, 2.24) is 10.2 Å². The van der Waals surface area contributed by atoms with Gasteiger partial charge in [-0.3, -0.25) is 19.3 Å². The zero-order valence-electron chi connectivity index (χ0n) is 17.8. The third-order valence-electron chi connectivity index (χ3n) is 5.23. The fourth-order valence-corrected chi connectivity index (χ4v) is 3.74. The van der Waals surface area contributed by atoms with Crippen LogP contribution in [-0.4, -0.2) is 29.2 Å². The van der Waals surface area contributed by atoms with Gasteiger partial charge < -0.3 is 10.6 Å². The van der Waals surface area contributed by atoms with Gasteiger partial charge in [0, 0.05) is 17.8 Å². The summed E-state index contributed by atoms with van der Waals surface area (Å²) in [6.07, 6.45) is 0.723. The number of hydrogen-bond donors (Lipinski definition) is 2. The van der Waals surface area contributed by atoms with Crippen molar-refractivity contribution in [3.63, 3.8) is 0 Å². The summed E-state index contributed by atoms with van der Waals surface area (Å²) in [7, 11) is 0. The smallest absolute Gasteiger partial charge is 0.279 e. The zero-order valence-corrected chi connectivity index (χ0v) is 18.5. The molecule has 0 atom stereocenters. The lowest BCUT2D eigenvalue weighted by molar-refractivity contribution is -0.138. The summed E-state index contributed by atoms with van der Waals surface area (Å²) in [4.78, 5) is 39.0. The van der Waals surface area contributed by atoms with Crippen LogP contribution in [0.3, 0.4) is 0 Å². The Morgan fingerprint density at radius 3 is 2.18 bits per heavy atom. The lowest BCUT2D eigenvalue weighted by Crippen LogP contribution is -2.31. The first-order chi connectivity index (χ1) is 16.0. The molecule has 0 aliphatic carbocycles. The van der Waals surface area contributed by atoms with Crippen molar-refractivity contribution >= 4 is 35.0 Å². The molecule has 3 amide bonds. The summed E-state index contributed by atoms with van der Waals surface area (Å²) < 4.78 is 0. The van der Waals surface area contributed by atoms with Crippen molar-refractivity contribution in [2.24, 2.45) is 0 Å². The highest BCUT2D eigenvalue weighted by molar-refractivity contribution is 6.48. The van der Waals surface area contributed by atoms with Crippen LogP contribution in [0.1, 0.15) is 21.5 Å². The number of benzene rings is 3. The van der Waals surface area contributed by atoms with E-state index >= 15 is 0 Å². The van der Waals surface area contributed by atoms with Gasteiger partial charge in [-0.1, -0.05) is 78.3 Å². The lowest BCUT2D eigenvalue weighted by atomic mass is 10.1. The summed E-state index contributed by atoms with van der Waals surface area (Å²) in [6, 6.07) is 25.8. The van der Waals surface area contributed by atoms with Crippen LogP contribution in [0.4, 0.5) is 5.69 Å². The summed E-state index contributed by atoms with van der Waals surface area (Å²) in [6.45, 7) is 0.628. The second kappa shape index (κ2) is 10.1. The van der Waals surface area contributed by atoms with Crippen molar-refractivity contribution in [3.8, 4) is 0 Å². The van der Waals surface area contributed by atoms with Gasteiger partial charge >= 0.3 is 0 Å². The standard InChI is InChI=1S/C26H22ClN3O3/c27-22-23(26(33)30(25(22)32)17-19-10-5-2-6-11-19)29-21-13-7-12-20(16-21)24(31)28-15-14-18-8-3-1-4-9-18/h1-13,16,29H,14-15,17H2,(H,28,31). The predicted octanol–water partition coefficient (Wildman–Crippen LogP) is 4.09. The minimum Gasteiger partial charge on any atom is -0.352 e. The fourth-order valence-electron chi connectivity index (χ4n) is 3.51. The van der Waals surface area contributed by atoms with Gasteiger partial charge in [-0.15, -0.1) is 0 Å². The normalized spacial score (nSPS) is 13.4. The van der Waals surface area contributed by atoms with E-state index < -0.39 is 11.8 Å². The molecule has 0 saturated carbocycles. The second-order valence-electron chi connectivity index (χ2n) is 7.57. The molecule has 0 spiro atoms. The molecule has 1 heterocycles. The van der Waals surface area contributed by atoms with Crippen LogP contribution in [0.15, 0.2) is 95.7 Å². The second-order valence-corrected chi connectivity index (χ2v) is 7.95. The molecule has 0 saturated heterocycles. The third-order valence-corrected chi connectivity index (χ3v) is 5.58. The molecule has 0 aromatic heterocycles. The largest absolute Gasteiger partial charge is 0.352 e. The Hall–Kier alpha value is -3.90. The van der Waals surface area contributed by atoms with E-state index in [1.54, 1.807) is 24.3 Å². The van der Waals surface area contributed by atoms with E-state index in [9.17, 15) is 14.4 Å². The number of anilines is 1. The summed E-state index contributed by atoms with van der Waals surface area (Å²) >= 11 is 6.19. The third kappa shape index (κ3) is 5.30. The highest BCUT2D eigenvalue weighted by Crippen LogP contribution is 2.27. The molecule has 0 fully saturated rings. The number of hydrogen-bond acceptors (Lipinski definition) is 4. The van der Waals surface area contributed by atoms with Gasteiger partial charge in [-0.05, 0) is 35.7 Å². The van der Waals surface area contributed by atoms with Crippen LogP contribution in [0, 0.1) is 0 Å². The van der Waals surface area contributed by atoms with Gasteiger partial charge in [0.15, 0.2) is 0 Å². The number of rotatable bonds is 8. The fraction of sp³-hybridized carbons (Fsp3) is 0.115. The van der Waals surface area contributed by atoms with Crippen LogP contribution in [0.25, 0.3) is 0 Å². The Morgan fingerprint density at radius 2 is 1.48 bits per heavy atom. The van der Waals surface area contributed by atoms with Crippen molar-refractivity contribution in [2.75, 3.05) is 11.9 Å². The average Bonchev–Trinajstić information content (AvgIpc) is 3.04. The number of nitrogens with one attached hydrogen (secondary N) is 2. The van der Waals surface area contributed by atoms with E-state index in [1.807, 2.05) is 60.7 Å². The molecule has 2 N–H and O–H groups in total. The number of halogens is 1. The van der Waals surface area contributed by atoms with Crippen LogP contribution >= 0.6 is 11.6 Å². The molecule has 0 bridgehead atoms. The van der Waals surface area contributed by atoms with E-state index in [2.05, 4.69) is 10.6 Å². The maximum absolute atomic E-state index is 12.9. The van der Waals surface area contributed by atoms with Gasteiger partial charge in [0.25, 0.3) is 17.7 Å². The van der Waals surface area contributed by atoms with E-state index in [-0.39, 0.29) is 23.2 Å². The Balaban J connectivity index is 1.40. The quantitative estimate of drug-likeness (QED) is 0.497. The first-order valence-electron chi connectivity index (χ1n) is 10.5. The molecule has 33 heavy (non-hydrogen) atoms. The first-order valence-corrected chi connectivity index (χ1v) is 10.9. The molecule has 3 aromatic rings. The van der Waals surface area contributed by atoms with E-state index in [0.29, 0.717) is 17.8 Å². The van der Waals surface area contributed by atoms with Gasteiger partial charge in [0.2, 0.25) is 0 Å². The molecule has 4 rings (SSSR count). The lowest BCUT2D eigenvalue weighted by Gasteiger charge is -2.15. The molecule has 0 unspecified atom stereocenters. The Morgan fingerprint density at radius 1 is 0.818 bits per heavy atom. The van der Waals surface area contributed by atoms with Crippen molar-refractivity contribution in [3.05, 3.63) is 112 Å². The van der Waals surface area contributed by atoms with E-state index in [1.165, 1.54) is 0 Å². The van der Waals surface area contributed by atoms with Crippen LogP contribution in [-0.2, 0) is 22.6 Å². The average molecular weight is 460 g/mol. The molecule has 3 aromatic carbocycles. The van der Waals surface area contributed by atoms with E-state index in [4.69, 9.17) is 11.6 Å². The molecular weight excluding hydrogens is 438 g/mol. The van der Waals surface area contributed by atoms with Crippen molar-refractivity contribution in [1.29, 1.82) is 0 Å². The maximum Gasteiger partial charge on any atom is 0.279 e. The van der Waals surface area contributed by atoms with Gasteiger partial charge in [-0.25, -0.2) is 0 Å². The molecule has 1 aliphatic heterocycles. The van der Waals surface area contributed by atoms with Crippen LogP contribution < -0.4 is 10.6 Å². The Bertz CT molecular complexity index is 1210. The number of amides is 3. The molecular formula is C26H22ClN3O3. The highest BCUT2D eigenvalue weighted by Gasteiger charge is 2.37. The van der Waals surface area contributed by atoms with Crippen molar-refractivity contribution < 1.29 is 14.4 Å². The summed E-state index contributed by atoms with van der Waals surface area (Å²) in [5.74, 6) is -1.29. The molecule has 6 nitrogen and oxygen atoms in total. The number of carbonyl (C=O) groups excluding carboxylic acids is 3.